The van der Waals surface area contributed by atoms with Gasteiger partial charge in [0.15, 0.2) is 0 Å². The SMILES string of the molecule is CCCCCCCCc1ccc(-c2ccc(C3CCC(F)CC3)cc2)cc1. The number of unbranched alkanes of at least 4 members (excludes halogenated alkanes) is 5. The molecule has 0 N–H and O–H groups in total. The largest absolute Gasteiger partial charge is 0.247 e. The van der Waals surface area contributed by atoms with Crippen LogP contribution < -0.4 is 0 Å². The molecule has 1 heteroatoms. The zero-order chi connectivity index (χ0) is 18.9. The molecular formula is C26H35F. The van der Waals surface area contributed by atoms with E-state index in [-0.39, 0.29) is 0 Å². The molecular weight excluding hydrogens is 331 g/mol. The maximum atomic E-state index is 13.3. The number of benzene rings is 2. The quantitative estimate of drug-likeness (QED) is 0.392. The van der Waals surface area contributed by atoms with Crippen LogP contribution in [0.1, 0.15) is 88.2 Å². The summed E-state index contributed by atoms with van der Waals surface area (Å²) < 4.78 is 13.3. The summed E-state index contributed by atoms with van der Waals surface area (Å²) in [6.07, 6.45) is 12.2. The fraction of sp³-hybridized carbons (Fsp3) is 0.538. The van der Waals surface area contributed by atoms with Crippen molar-refractivity contribution in [2.75, 3.05) is 0 Å². The van der Waals surface area contributed by atoms with Crippen molar-refractivity contribution in [1.29, 1.82) is 0 Å². The van der Waals surface area contributed by atoms with Gasteiger partial charge in [0.2, 0.25) is 0 Å². The van der Waals surface area contributed by atoms with Crippen molar-refractivity contribution in [2.24, 2.45) is 0 Å². The Labute approximate surface area is 165 Å². The van der Waals surface area contributed by atoms with Crippen LogP contribution in [0.15, 0.2) is 48.5 Å². The fourth-order valence-corrected chi connectivity index (χ4v) is 4.31. The highest BCUT2D eigenvalue weighted by atomic mass is 19.1. The van der Waals surface area contributed by atoms with Crippen molar-refractivity contribution in [3.8, 4) is 11.1 Å². The van der Waals surface area contributed by atoms with Gasteiger partial charge in [-0.1, -0.05) is 87.6 Å². The maximum Gasteiger partial charge on any atom is 0.100 e. The lowest BCUT2D eigenvalue weighted by molar-refractivity contribution is 0.235. The highest BCUT2D eigenvalue weighted by Crippen LogP contribution is 2.34. The second-order valence-corrected chi connectivity index (χ2v) is 8.29. The van der Waals surface area contributed by atoms with Crippen molar-refractivity contribution in [1.82, 2.24) is 0 Å². The van der Waals surface area contributed by atoms with Gasteiger partial charge in [-0.15, -0.1) is 0 Å². The van der Waals surface area contributed by atoms with Gasteiger partial charge in [-0.3, -0.25) is 0 Å². The average Bonchev–Trinajstić information content (AvgIpc) is 2.72. The normalized spacial score (nSPS) is 19.9. The Balaban J connectivity index is 1.49. The smallest absolute Gasteiger partial charge is 0.100 e. The van der Waals surface area contributed by atoms with E-state index in [1.165, 1.54) is 67.2 Å². The molecule has 2 aromatic carbocycles. The molecule has 0 amide bonds. The van der Waals surface area contributed by atoms with Crippen LogP contribution in [0, 0.1) is 0 Å². The van der Waals surface area contributed by atoms with E-state index in [9.17, 15) is 4.39 Å². The first kappa shape index (κ1) is 20.1. The van der Waals surface area contributed by atoms with Crippen molar-refractivity contribution in [3.63, 3.8) is 0 Å². The molecule has 1 aliphatic carbocycles. The van der Waals surface area contributed by atoms with Crippen LogP contribution in [0.4, 0.5) is 4.39 Å². The third kappa shape index (κ3) is 6.19. The van der Waals surface area contributed by atoms with E-state index in [1.54, 1.807) is 0 Å². The Morgan fingerprint density at radius 3 is 1.89 bits per heavy atom. The van der Waals surface area contributed by atoms with Gasteiger partial charge in [-0.25, -0.2) is 4.39 Å². The third-order valence-corrected chi connectivity index (χ3v) is 6.15. The van der Waals surface area contributed by atoms with Gasteiger partial charge in [0.25, 0.3) is 0 Å². The molecule has 0 heterocycles. The van der Waals surface area contributed by atoms with E-state index in [4.69, 9.17) is 0 Å². The van der Waals surface area contributed by atoms with Crippen LogP contribution in [0.2, 0.25) is 0 Å². The molecule has 0 atom stereocenters. The average molecular weight is 367 g/mol. The minimum absolute atomic E-state index is 0.547. The van der Waals surface area contributed by atoms with Gasteiger partial charge in [0.1, 0.15) is 6.17 Å². The third-order valence-electron chi connectivity index (χ3n) is 6.15. The lowest BCUT2D eigenvalue weighted by atomic mass is 9.83. The first-order chi connectivity index (χ1) is 13.3. The second-order valence-electron chi connectivity index (χ2n) is 8.29. The molecule has 1 saturated carbocycles. The second kappa shape index (κ2) is 10.6. The predicted octanol–water partition coefficient (Wildman–Crippen LogP) is 8.25. The standard InChI is InChI=1S/C26H35F/c1-2-3-4-5-6-7-8-21-9-11-22(12-10-21)23-13-15-24(16-14-23)25-17-19-26(27)20-18-25/h9-16,25-26H,2-8,17-20H2,1H3. The molecule has 2 aromatic rings. The van der Waals surface area contributed by atoms with Gasteiger partial charge >= 0.3 is 0 Å². The van der Waals surface area contributed by atoms with E-state index in [1.807, 2.05) is 0 Å². The first-order valence-corrected chi connectivity index (χ1v) is 11.1. The van der Waals surface area contributed by atoms with E-state index in [2.05, 4.69) is 55.5 Å². The van der Waals surface area contributed by atoms with Gasteiger partial charge in [-0.2, -0.15) is 0 Å². The number of hydrogen-bond acceptors (Lipinski definition) is 0. The van der Waals surface area contributed by atoms with E-state index in [0.717, 1.165) is 25.7 Å². The van der Waals surface area contributed by atoms with E-state index in [0.29, 0.717) is 5.92 Å². The molecule has 0 aromatic heterocycles. The fourth-order valence-electron chi connectivity index (χ4n) is 4.31. The number of hydrogen-bond donors (Lipinski definition) is 0. The Morgan fingerprint density at radius 1 is 0.704 bits per heavy atom. The van der Waals surface area contributed by atoms with Crippen LogP contribution in [0.25, 0.3) is 11.1 Å². The van der Waals surface area contributed by atoms with Gasteiger partial charge < -0.3 is 0 Å². The first-order valence-electron chi connectivity index (χ1n) is 11.1. The lowest BCUT2D eigenvalue weighted by Crippen LogP contribution is -2.13. The molecule has 3 rings (SSSR count). The summed E-state index contributed by atoms with van der Waals surface area (Å²) >= 11 is 0. The van der Waals surface area contributed by atoms with E-state index < -0.39 is 6.17 Å². The molecule has 0 bridgehead atoms. The molecule has 1 fully saturated rings. The highest BCUT2D eigenvalue weighted by molar-refractivity contribution is 5.64. The summed E-state index contributed by atoms with van der Waals surface area (Å²) in [5.74, 6) is 0.547. The summed E-state index contributed by atoms with van der Waals surface area (Å²) in [4.78, 5) is 0. The molecule has 1 aliphatic rings. The molecule has 146 valence electrons. The van der Waals surface area contributed by atoms with Gasteiger partial charge in [0.05, 0.1) is 0 Å². The zero-order valence-electron chi connectivity index (χ0n) is 16.9. The summed E-state index contributed by atoms with van der Waals surface area (Å²) in [6.45, 7) is 2.27. The van der Waals surface area contributed by atoms with Crippen molar-refractivity contribution in [2.45, 2.75) is 89.6 Å². The van der Waals surface area contributed by atoms with Gasteiger partial charge in [0, 0.05) is 0 Å². The molecule has 27 heavy (non-hydrogen) atoms. The minimum Gasteiger partial charge on any atom is -0.247 e. The number of alkyl halides is 1. The zero-order valence-corrected chi connectivity index (χ0v) is 16.9. The summed E-state index contributed by atoms with van der Waals surface area (Å²) in [6, 6.07) is 18.1. The summed E-state index contributed by atoms with van der Waals surface area (Å²) in [5, 5.41) is 0. The Kier molecular flexibility index (Phi) is 7.93. The Morgan fingerprint density at radius 2 is 1.26 bits per heavy atom. The molecule has 0 saturated heterocycles. The highest BCUT2D eigenvalue weighted by Gasteiger charge is 2.21. The van der Waals surface area contributed by atoms with E-state index >= 15 is 0 Å². The molecule has 0 nitrogen and oxygen atoms in total. The molecule has 0 aliphatic heterocycles. The van der Waals surface area contributed by atoms with Gasteiger partial charge in [-0.05, 0) is 66.7 Å². The topological polar surface area (TPSA) is 0 Å². The monoisotopic (exact) mass is 366 g/mol. The summed E-state index contributed by atoms with van der Waals surface area (Å²) in [7, 11) is 0. The number of halogens is 1. The van der Waals surface area contributed by atoms with Crippen LogP contribution in [0.3, 0.4) is 0 Å². The molecule has 0 radical (unpaired) electrons. The van der Waals surface area contributed by atoms with Crippen LogP contribution in [-0.4, -0.2) is 6.17 Å². The lowest BCUT2D eigenvalue weighted by Gasteiger charge is -2.24. The Bertz CT molecular complexity index is 648. The maximum absolute atomic E-state index is 13.3. The Hall–Kier alpha value is -1.63. The molecule has 0 spiro atoms. The molecule has 0 unspecified atom stereocenters. The summed E-state index contributed by atoms with van der Waals surface area (Å²) in [5.41, 5.74) is 5.41. The van der Waals surface area contributed by atoms with Crippen LogP contribution >= 0.6 is 0 Å². The van der Waals surface area contributed by atoms with Crippen molar-refractivity contribution < 1.29 is 4.39 Å². The van der Waals surface area contributed by atoms with Crippen LogP contribution in [-0.2, 0) is 6.42 Å². The van der Waals surface area contributed by atoms with Crippen molar-refractivity contribution >= 4 is 0 Å². The minimum atomic E-state index is -0.574. The predicted molar refractivity (Wildman–Crippen MR) is 115 cm³/mol. The van der Waals surface area contributed by atoms with Crippen molar-refractivity contribution in [3.05, 3.63) is 59.7 Å². The number of aryl methyl sites for hydroxylation is 1. The van der Waals surface area contributed by atoms with Crippen LogP contribution in [0.5, 0.6) is 0 Å². The number of rotatable bonds is 9.